The van der Waals surface area contributed by atoms with E-state index >= 15 is 0 Å². The minimum Gasteiger partial charge on any atom is -0.392 e. The van der Waals surface area contributed by atoms with Gasteiger partial charge in [0.15, 0.2) is 0 Å². The second kappa shape index (κ2) is 6.10. The van der Waals surface area contributed by atoms with E-state index in [0.29, 0.717) is 0 Å². The van der Waals surface area contributed by atoms with Crippen LogP contribution in [0.1, 0.15) is 25.8 Å². The average molecular weight is 210 g/mol. The predicted octanol–water partition coefficient (Wildman–Crippen LogP) is 3.32. The standard InChI is InChI=1S/C12H18OS/c1-3-10(2)9-14-12-7-5-4-6-11(12)8-13/h4-7,10,13H,3,8-9H2,1-2H3. The second-order valence-electron chi connectivity index (χ2n) is 3.59. The van der Waals surface area contributed by atoms with Crippen molar-refractivity contribution in [3.05, 3.63) is 29.8 Å². The molecule has 1 nitrogen and oxygen atoms in total. The number of aliphatic hydroxyl groups is 1. The van der Waals surface area contributed by atoms with Crippen molar-refractivity contribution in [1.82, 2.24) is 0 Å². The van der Waals surface area contributed by atoms with Gasteiger partial charge >= 0.3 is 0 Å². The van der Waals surface area contributed by atoms with Gasteiger partial charge in [0.25, 0.3) is 0 Å². The molecule has 0 aliphatic rings. The van der Waals surface area contributed by atoms with Gasteiger partial charge in [-0.3, -0.25) is 0 Å². The second-order valence-corrected chi connectivity index (χ2v) is 4.65. The predicted molar refractivity (Wildman–Crippen MR) is 62.5 cm³/mol. The molecule has 0 saturated heterocycles. The quantitative estimate of drug-likeness (QED) is 0.752. The fraction of sp³-hybridized carbons (Fsp3) is 0.500. The van der Waals surface area contributed by atoms with Gasteiger partial charge in [-0.1, -0.05) is 38.5 Å². The first-order chi connectivity index (χ1) is 6.77. The highest BCUT2D eigenvalue weighted by atomic mass is 32.2. The maximum absolute atomic E-state index is 9.13. The Morgan fingerprint density at radius 2 is 2.07 bits per heavy atom. The Morgan fingerprint density at radius 1 is 1.36 bits per heavy atom. The monoisotopic (exact) mass is 210 g/mol. The molecule has 1 unspecified atom stereocenters. The van der Waals surface area contributed by atoms with Crippen LogP contribution in [0, 0.1) is 5.92 Å². The van der Waals surface area contributed by atoms with Crippen LogP contribution in [0.25, 0.3) is 0 Å². The Balaban J connectivity index is 2.57. The molecule has 1 N–H and O–H groups in total. The molecule has 1 atom stereocenters. The summed E-state index contributed by atoms with van der Waals surface area (Å²) in [5, 5.41) is 9.13. The van der Waals surface area contributed by atoms with Crippen LogP contribution < -0.4 is 0 Å². The molecule has 0 fully saturated rings. The fourth-order valence-electron chi connectivity index (χ4n) is 1.13. The third-order valence-electron chi connectivity index (χ3n) is 2.36. The van der Waals surface area contributed by atoms with Crippen molar-refractivity contribution in [2.75, 3.05) is 5.75 Å². The zero-order valence-electron chi connectivity index (χ0n) is 8.86. The minimum absolute atomic E-state index is 0.143. The molecule has 0 aromatic heterocycles. The summed E-state index contributed by atoms with van der Waals surface area (Å²) < 4.78 is 0. The highest BCUT2D eigenvalue weighted by molar-refractivity contribution is 7.99. The zero-order chi connectivity index (χ0) is 10.4. The first kappa shape index (κ1) is 11.6. The molecule has 1 rings (SSSR count). The van der Waals surface area contributed by atoms with Gasteiger partial charge in [0.2, 0.25) is 0 Å². The minimum atomic E-state index is 0.143. The van der Waals surface area contributed by atoms with Gasteiger partial charge in [0, 0.05) is 10.6 Å². The molecule has 78 valence electrons. The summed E-state index contributed by atoms with van der Waals surface area (Å²) in [6, 6.07) is 8.06. The summed E-state index contributed by atoms with van der Waals surface area (Å²) >= 11 is 1.84. The Hall–Kier alpha value is -0.470. The first-order valence-electron chi connectivity index (χ1n) is 5.09. The van der Waals surface area contributed by atoms with Gasteiger partial charge in [0.05, 0.1) is 6.61 Å². The Morgan fingerprint density at radius 3 is 2.71 bits per heavy atom. The van der Waals surface area contributed by atoms with E-state index in [1.54, 1.807) is 0 Å². The van der Waals surface area contributed by atoms with Crippen LogP contribution in [0.3, 0.4) is 0 Å². The van der Waals surface area contributed by atoms with Crippen LogP contribution in [-0.2, 0) is 6.61 Å². The van der Waals surface area contributed by atoms with Crippen molar-refractivity contribution in [2.45, 2.75) is 31.8 Å². The van der Waals surface area contributed by atoms with E-state index in [-0.39, 0.29) is 6.61 Å². The normalized spacial score (nSPS) is 12.8. The molecule has 0 radical (unpaired) electrons. The lowest BCUT2D eigenvalue weighted by molar-refractivity contribution is 0.279. The van der Waals surface area contributed by atoms with Crippen LogP contribution in [0.4, 0.5) is 0 Å². The molecule has 14 heavy (non-hydrogen) atoms. The number of hydrogen-bond donors (Lipinski definition) is 1. The largest absolute Gasteiger partial charge is 0.392 e. The van der Waals surface area contributed by atoms with Crippen molar-refractivity contribution in [3.8, 4) is 0 Å². The number of aliphatic hydroxyl groups excluding tert-OH is 1. The van der Waals surface area contributed by atoms with Crippen molar-refractivity contribution in [1.29, 1.82) is 0 Å². The van der Waals surface area contributed by atoms with Crippen molar-refractivity contribution < 1.29 is 5.11 Å². The van der Waals surface area contributed by atoms with E-state index in [2.05, 4.69) is 19.9 Å². The van der Waals surface area contributed by atoms with E-state index in [4.69, 9.17) is 5.11 Å². The maximum atomic E-state index is 9.13. The molecule has 0 aliphatic carbocycles. The van der Waals surface area contributed by atoms with E-state index in [1.807, 2.05) is 30.0 Å². The Labute approximate surface area is 90.5 Å². The molecule has 0 aliphatic heterocycles. The Bertz CT molecular complexity index is 273. The SMILES string of the molecule is CCC(C)CSc1ccccc1CO. The molecular formula is C12H18OS. The van der Waals surface area contributed by atoms with Gasteiger partial charge in [0.1, 0.15) is 0 Å². The lowest BCUT2D eigenvalue weighted by Crippen LogP contribution is -1.96. The number of hydrogen-bond acceptors (Lipinski definition) is 2. The van der Waals surface area contributed by atoms with E-state index in [1.165, 1.54) is 11.3 Å². The van der Waals surface area contributed by atoms with Gasteiger partial charge < -0.3 is 5.11 Å². The Kier molecular flexibility index (Phi) is 5.05. The molecule has 0 spiro atoms. The fourth-order valence-corrected chi connectivity index (χ4v) is 2.32. The zero-order valence-corrected chi connectivity index (χ0v) is 9.68. The topological polar surface area (TPSA) is 20.2 Å². The summed E-state index contributed by atoms with van der Waals surface area (Å²) in [6.07, 6.45) is 1.22. The van der Waals surface area contributed by atoms with E-state index in [0.717, 1.165) is 17.2 Å². The van der Waals surface area contributed by atoms with Crippen LogP contribution in [0.2, 0.25) is 0 Å². The van der Waals surface area contributed by atoms with Gasteiger partial charge in [-0.2, -0.15) is 0 Å². The molecule has 1 aromatic carbocycles. The van der Waals surface area contributed by atoms with Crippen LogP contribution in [0.5, 0.6) is 0 Å². The summed E-state index contributed by atoms with van der Waals surface area (Å²) in [5.74, 6) is 1.87. The lowest BCUT2D eigenvalue weighted by atomic mass is 10.2. The third-order valence-corrected chi connectivity index (χ3v) is 3.81. The maximum Gasteiger partial charge on any atom is 0.0692 e. The van der Waals surface area contributed by atoms with E-state index < -0.39 is 0 Å². The number of rotatable bonds is 5. The highest BCUT2D eigenvalue weighted by Crippen LogP contribution is 2.25. The summed E-state index contributed by atoms with van der Waals surface area (Å²) in [7, 11) is 0. The highest BCUT2D eigenvalue weighted by Gasteiger charge is 2.03. The molecule has 0 bridgehead atoms. The smallest absolute Gasteiger partial charge is 0.0692 e. The third kappa shape index (κ3) is 3.35. The average Bonchev–Trinajstić information content (AvgIpc) is 2.26. The van der Waals surface area contributed by atoms with Crippen molar-refractivity contribution in [2.24, 2.45) is 5.92 Å². The van der Waals surface area contributed by atoms with Crippen LogP contribution in [0.15, 0.2) is 29.2 Å². The van der Waals surface area contributed by atoms with Gasteiger partial charge in [-0.05, 0) is 17.5 Å². The van der Waals surface area contributed by atoms with Gasteiger partial charge in [-0.25, -0.2) is 0 Å². The summed E-state index contributed by atoms with van der Waals surface area (Å²) in [6.45, 7) is 4.61. The van der Waals surface area contributed by atoms with Crippen LogP contribution in [-0.4, -0.2) is 10.9 Å². The number of benzene rings is 1. The molecular weight excluding hydrogens is 192 g/mol. The van der Waals surface area contributed by atoms with Crippen molar-refractivity contribution in [3.63, 3.8) is 0 Å². The molecule has 0 saturated carbocycles. The summed E-state index contributed by atoms with van der Waals surface area (Å²) in [4.78, 5) is 1.22. The van der Waals surface area contributed by atoms with Crippen LogP contribution >= 0.6 is 11.8 Å². The first-order valence-corrected chi connectivity index (χ1v) is 6.08. The van der Waals surface area contributed by atoms with E-state index in [9.17, 15) is 0 Å². The molecule has 0 heterocycles. The van der Waals surface area contributed by atoms with Crippen molar-refractivity contribution >= 4 is 11.8 Å². The molecule has 2 heteroatoms. The molecule has 0 amide bonds. The summed E-state index contributed by atoms with van der Waals surface area (Å²) in [5.41, 5.74) is 1.04. The molecule has 1 aromatic rings. The van der Waals surface area contributed by atoms with Gasteiger partial charge in [-0.15, -0.1) is 11.8 Å². The lowest BCUT2D eigenvalue weighted by Gasteiger charge is -2.10. The number of thioether (sulfide) groups is 1.